The summed E-state index contributed by atoms with van der Waals surface area (Å²) in [7, 11) is 2.13. The SMILES string of the molecule is CCNC(=NCC1(CO)COC1)N(C)CC1CCC(C)CC1.I. The van der Waals surface area contributed by atoms with Gasteiger partial charge in [0.15, 0.2) is 5.96 Å². The zero-order chi connectivity index (χ0) is 16.0. The minimum atomic E-state index is -0.151. The molecule has 2 aliphatic rings. The van der Waals surface area contributed by atoms with Crippen LogP contribution < -0.4 is 5.32 Å². The van der Waals surface area contributed by atoms with Gasteiger partial charge in [0.2, 0.25) is 0 Å². The third kappa shape index (κ3) is 6.05. The van der Waals surface area contributed by atoms with E-state index in [0.717, 1.165) is 30.9 Å². The van der Waals surface area contributed by atoms with E-state index in [4.69, 9.17) is 9.73 Å². The van der Waals surface area contributed by atoms with E-state index in [1.807, 2.05) is 0 Å². The van der Waals surface area contributed by atoms with Crippen molar-refractivity contribution in [1.82, 2.24) is 10.2 Å². The largest absolute Gasteiger partial charge is 0.396 e. The Labute approximate surface area is 158 Å². The number of halogens is 1. The van der Waals surface area contributed by atoms with Gasteiger partial charge in [0.05, 0.1) is 31.8 Å². The first kappa shape index (κ1) is 21.0. The summed E-state index contributed by atoms with van der Waals surface area (Å²) in [6.45, 7) is 8.43. The van der Waals surface area contributed by atoms with Crippen molar-refractivity contribution in [3.05, 3.63) is 0 Å². The van der Waals surface area contributed by atoms with Crippen LogP contribution in [0.3, 0.4) is 0 Å². The molecule has 2 rings (SSSR count). The highest BCUT2D eigenvalue weighted by molar-refractivity contribution is 14.0. The zero-order valence-corrected chi connectivity index (χ0v) is 17.2. The molecule has 1 aliphatic carbocycles. The predicted octanol–water partition coefficient (Wildman–Crippen LogP) is 2.34. The highest BCUT2D eigenvalue weighted by Gasteiger charge is 2.38. The maximum atomic E-state index is 9.52. The van der Waals surface area contributed by atoms with Crippen molar-refractivity contribution in [2.45, 2.75) is 39.5 Å². The molecule has 1 saturated carbocycles. The molecular weight excluding hydrogens is 405 g/mol. The number of aliphatic imine (C=N–C) groups is 1. The molecule has 6 heteroatoms. The van der Waals surface area contributed by atoms with Gasteiger partial charge in [-0.15, -0.1) is 24.0 Å². The molecule has 1 aliphatic heterocycles. The molecule has 2 fully saturated rings. The van der Waals surface area contributed by atoms with E-state index in [0.29, 0.717) is 19.8 Å². The number of guanidine groups is 1. The van der Waals surface area contributed by atoms with Crippen LogP contribution in [0, 0.1) is 17.3 Å². The molecule has 0 spiro atoms. The number of hydrogen-bond donors (Lipinski definition) is 2. The van der Waals surface area contributed by atoms with Gasteiger partial charge in [-0.3, -0.25) is 4.99 Å². The van der Waals surface area contributed by atoms with Gasteiger partial charge in [-0.05, 0) is 31.6 Å². The van der Waals surface area contributed by atoms with Crippen LogP contribution in [-0.4, -0.2) is 62.5 Å². The number of hydrogen-bond acceptors (Lipinski definition) is 3. The second-order valence-electron chi connectivity index (χ2n) is 7.33. The normalized spacial score (nSPS) is 26.9. The Morgan fingerprint density at radius 3 is 2.43 bits per heavy atom. The molecule has 5 nitrogen and oxygen atoms in total. The van der Waals surface area contributed by atoms with Gasteiger partial charge < -0.3 is 20.1 Å². The first-order valence-electron chi connectivity index (χ1n) is 8.76. The van der Waals surface area contributed by atoms with Gasteiger partial charge in [0.1, 0.15) is 0 Å². The number of aliphatic hydroxyl groups excluding tert-OH is 1. The smallest absolute Gasteiger partial charge is 0.193 e. The Balaban J connectivity index is 0.00000264. The van der Waals surface area contributed by atoms with Gasteiger partial charge in [0, 0.05) is 20.1 Å². The molecule has 0 amide bonds. The van der Waals surface area contributed by atoms with Gasteiger partial charge in [-0.2, -0.15) is 0 Å². The van der Waals surface area contributed by atoms with E-state index in [1.165, 1.54) is 25.7 Å². The molecule has 136 valence electrons. The van der Waals surface area contributed by atoms with E-state index in [-0.39, 0.29) is 36.0 Å². The standard InChI is InChI=1S/C17H33N3O2.HI/c1-4-18-16(19-10-17(11-21)12-22-13-17)20(3)9-15-7-5-14(2)6-8-15;/h14-15,21H,4-13H2,1-3H3,(H,18,19);1H. The van der Waals surface area contributed by atoms with E-state index in [2.05, 4.69) is 31.1 Å². The maximum Gasteiger partial charge on any atom is 0.193 e. The summed E-state index contributed by atoms with van der Waals surface area (Å²) in [6, 6.07) is 0. The second-order valence-corrected chi connectivity index (χ2v) is 7.33. The van der Waals surface area contributed by atoms with Crippen molar-refractivity contribution >= 4 is 29.9 Å². The topological polar surface area (TPSA) is 57.1 Å². The number of aliphatic hydroxyl groups is 1. The molecule has 0 radical (unpaired) electrons. The molecule has 23 heavy (non-hydrogen) atoms. The summed E-state index contributed by atoms with van der Waals surface area (Å²) >= 11 is 0. The van der Waals surface area contributed by atoms with Gasteiger partial charge in [-0.1, -0.05) is 19.8 Å². The molecule has 0 atom stereocenters. The van der Waals surface area contributed by atoms with Crippen LogP contribution in [0.15, 0.2) is 4.99 Å². The molecule has 0 aromatic heterocycles. The second kappa shape index (κ2) is 10.0. The molecule has 0 unspecified atom stereocenters. The Bertz CT molecular complexity index is 361. The minimum absolute atomic E-state index is 0. The summed E-state index contributed by atoms with van der Waals surface area (Å²) in [5.41, 5.74) is -0.151. The Hall–Kier alpha value is -0.0800. The monoisotopic (exact) mass is 439 g/mol. The van der Waals surface area contributed by atoms with Crippen molar-refractivity contribution in [3.63, 3.8) is 0 Å². The van der Waals surface area contributed by atoms with Crippen LogP contribution in [0.1, 0.15) is 39.5 Å². The highest BCUT2D eigenvalue weighted by atomic mass is 127. The Morgan fingerprint density at radius 2 is 1.96 bits per heavy atom. The van der Waals surface area contributed by atoms with Crippen molar-refractivity contribution in [2.75, 3.05) is 46.5 Å². The fraction of sp³-hybridized carbons (Fsp3) is 0.941. The fourth-order valence-corrected chi connectivity index (χ4v) is 3.32. The average molecular weight is 439 g/mol. The maximum absolute atomic E-state index is 9.52. The van der Waals surface area contributed by atoms with E-state index in [9.17, 15) is 5.11 Å². The summed E-state index contributed by atoms with van der Waals surface area (Å²) < 4.78 is 5.25. The lowest BCUT2D eigenvalue weighted by Crippen LogP contribution is -2.49. The first-order chi connectivity index (χ1) is 10.6. The summed E-state index contributed by atoms with van der Waals surface area (Å²) in [6.07, 6.45) is 5.38. The molecular formula is C17H34IN3O2. The third-order valence-electron chi connectivity index (χ3n) is 5.08. The third-order valence-corrected chi connectivity index (χ3v) is 5.08. The van der Waals surface area contributed by atoms with Crippen molar-refractivity contribution in [2.24, 2.45) is 22.2 Å². The highest BCUT2D eigenvalue weighted by Crippen LogP contribution is 2.29. The Kier molecular flexibility index (Phi) is 9.15. The average Bonchev–Trinajstić information content (AvgIpc) is 2.47. The predicted molar refractivity (Wildman–Crippen MR) is 105 cm³/mol. The lowest BCUT2D eigenvalue weighted by atomic mass is 9.83. The van der Waals surface area contributed by atoms with Crippen molar-refractivity contribution in [3.8, 4) is 0 Å². The zero-order valence-electron chi connectivity index (χ0n) is 14.9. The number of nitrogens with zero attached hydrogens (tertiary/aromatic N) is 2. The lowest BCUT2D eigenvalue weighted by molar-refractivity contribution is -0.130. The molecule has 1 heterocycles. The van der Waals surface area contributed by atoms with Crippen molar-refractivity contribution < 1.29 is 9.84 Å². The molecule has 1 saturated heterocycles. The van der Waals surface area contributed by atoms with Crippen LogP contribution in [0.5, 0.6) is 0 Å². The number of ether oxygens (including phenoxy) is 1. The van der Waals surface area contributed by atoms with Gasteiger partial charge in [-0.25, -0.2) is 0 Å². The van der Waals surface area contributed by atoms with E-state index >= 15 is 0 Å². The summed E-state index contributed by atoms with van der Waals surface area (Å²) in [5, 5.41) is 12.9. The summed E-state index contributed by atoms with van der Waals surface area (Å²) in [5.74, 6) is 2.64. The molecule has 0 aromatic rings. The first-order valence-corrected chi connectivity index (χ1v) is 8.76. The number of rotatable bonds is 6. The fourth-order valence-electron chi connectivity index (χ4n) is 3.32. The quantitative estimate of drug-likeness (QED) is 0.379. The van der Waals surface area contributed by atoms with E-state index in [1.54, 1.807) is 0 Å². The van der Waals surface area contributed by atoms with Crippen molar-refractivity contribution in [1.29, 1.82) is 0 Å². The van der Waals surface area contributed by atoms with E-state index < -0.39 is 0 Å². The van der Waals surface area contributed by atoms with Crippen LogP contribution in [0.4, 0.5) is 0 Å². The van der Waals surface area contributed by atoms with Gasteiger partial charge >= 0.3 is 0 Å². The van der Waals surface area contributed by atoms with Crippen LogP contribution in [0.25, 0.3) is 0 Å². The lowest BCUT2D eigenvalue weighted by Gasteiger charge is -2.39. The number of nitrogens with one attached hydrogen (secondary N) is 1. The summed E-state index contributed by atoms with van der Waals surface area (Å²) in [4.78, 5) is 7.01. The Morgan fingerprint density at radius 1 is 1.30 bits per heavy atom. The van der Waals surface area contributed by atoms with Crippen LogP contribution in [-0.2, 0) is 4.74 Å². The molecule has 2 N–H and O–H groups in total. The molecule has 0 bridgehead atoms. The minimum Gasteiger partial charge on any atom is -0.396 e. The van der Waals surface area contributed by atoms with Crippen LogP contribution >= 0.6 is 24.0 Å². The molecule has 0 aromatic carbocycles. The van der Waals surface area contributed by atoms with Gasteiger partial charge in [0.25, 0.3) is 0 Å². The van der Waals surface area contributed by atoms with Crippen LogP contribution in [0.2, 0.25) is 0 Å².